The molecular formula is C19H23IN6OS. The lowest BCUT2D eigenvalue weighted by Crippen LogP contribution is -2.39. The fourth-order valence-electron chi connectivity index (χ4n) is 2.32. The predicted octanol–water partition coefficient (Wildman–Crippen LogP) is 3.25. The van der Waals surface area contributed by atoms with Gasteiger partial charge < -0.3 is 15.2 Å². The Kier molecular flexibility index (Phi) is 9.77. The minimum atomic E-state index is 0. The molecule has 0 bridgehead atoms. The van der Waals surface area contributed by atoms with E-state index in [1.807, 2.05) is 48.2 Å². The third-order valence-corrected chi connectivity index (χ3v) is 4.64. The molecule has 0 saturated heterocycles. The van der Waals surface area contributed by atoms with Crippen LogP contribution in [0.2, 0.25) is 0 Å². The average molecular weight is 510 g/mol. The average Bonchev–Trinajstić information content (AvgIpc) is 3.20. The van der Waals surface area contributed by atoms with Gasteiger partial charge in [0.05, 0.1) is 0 Å². The first-order valence-corrected chi connectivity index (χ1v) is 9.70. The fourth-order valence-corrected chi connectivity index (χ4v) is 3.11. The van der Waals surface area contributed by atoms with Crippen molar-refractivity contribution in [1.29, 1.82) is 0 Å². The van der Waals surface area contributed by atoms with Gasteiger partial charge >= 0.3 is 0 Å². The summed E-state index contributed by atoms with van der Waals surface area (Å²) in [5, 5.41) is 10.6. The minimum Gasteiger partial charge on any atom is -0.356 e. The topological polar surface area (TPSA) is 88.2 Å². The molecule has 2 aromatic heterocycles. The van der Waals surface area contributed by atoms with E-state index in [4.69, 9.17) is 4.52 Å². The summed E-state index contributed by atoms with van der Waals surface area (Å²) < 4.78 is 5.26. The zero-order valence-corrected chi connectivity index (χ0v) is 18.7. The van der Waals surface area contributed by atoms with Crippen molar-refractivity contribution >= 4 is 41.7 Å². The quantitative estimate of drug-likeness (QED) is 0.158. The third-order valence-electron chi connectivity index (χ3n) is 3.62. The van der Waals surface area contributed by atoms with Crippen molar-refractivity contribution in [3.63, 3.8) is 0 Å². The van der Waals surface area contributed by atoms with E-state index >= 15 is 0 Å². The van der Waals surface area contributed by atoms with Crippen LogP contribution in [0.5, 0.6) is 0 Å². The maximum Gasteiger partial charge on any atom is 0.276 e. The first-order chi connectivity index (χ1) is 13.3. The van der Waals surface area contributed by atoms with Crippen LogP contribution in [0.4, 0.5) is 0 Å². The summed E-state index contributed by atoms with van der Waals surface area (Å²) in [6.45, 7) is 1.48. The molecule has 2 N–H and O–H groups in total. The Balaban J connectivity index is 0.00000280. The molecule has 0 unspecified atom stereocenters. The van der Waals surface area contributed by atoms with Gasteiger partial charge in [0, 0.05) is 43.4 Å². The number of aromatic nitrogens is 3. The highest BCUT2D eigenvalue weighted by molar-refractivity contribution is 14.0. The summed E-state index contributed by atoms with van der Waals surface area (Å²) in [7, 11) is 1.76. The molecule has 0 saturated carbocycles. The van der Waals surface area contributed by atoms with Gasteiger partial charge in [-0.15, -0.1) is 35.7 Å². The molecular weight excluding hydrogens is 487 g/mol. The highest BCUT2D eigenvalue weighted by Gasteiger charge is 2.09. The molecule has 28 heavy (non-hydrogen) atoms. The molecule has 0 radical (unpaired) electrons. The summed E-state index contributed by atoms with van der Waals surface area (Å²) in [5.74, 6) is 2.80. The first-order valence-electron chi connectivity index (χ1n) is 8.71. The highest BCUT2D eigenvalue weighted by Crippen LogP contribution is 2.15. The second-order valence-electron chi connectivity index (χ2n) is 5.57. The number of benzene rings is 1. The number of thioether (sulfide) groups is 1. The van der Waals surface area contributed by atoms with E-state index in [1.165, 1.54) is 4.90 Å². The van der Waals surface area contributed by atoms with Crippen LogP contribution in [-0.4, -0.2) is 47.0 Å². The summed E-state index contributed by atoms with van der Waals surface area (Å²) in [5.41, 5.74) is 0.678. The predicted molar refractivity (Wildman–Crippen MR) is 123 cm³/mol. The van der Waals surface area contributed by atoms with Gasteiger partial charge in [-0.3, -0.25) is 9.98 Å². The van der Waals surface area contributed by atoms with E-state index < -0.39 is 0 Å². The van der Waals surface area contributed by atoms with Gasteiger partial charge in [0.1, 0.15) is 5.69 Å². The van der Waals surface area contributed by atoms with Gasteiger partial charge in [0.25, 0.3) is 5.89 Å². The Morgan fingerprint density at radius 2 is 1.86 bits per heavy atom. The second-order valence-corrected chi connectivity index (χ2v) is 6.74. The Bertz CT molecular complexity index is 844. The molecule has 2 heterocycles. The number of halogens is 1. The molecule has 3 aromatic rings. The molecule has 0 fully saturated rings. The number of aliphatic imine (C=N–C) groups is 1. The first kappa shape index (κ1) is 22.2. The molecule has 0 amide bonds. The maximum absolute atomic E-state index is 5.26. The lowest BCUT2D eigenvalue weighted by Gasteiger charge is -2.10. The molecule has 9 heteroatoms. The van der Waals surface area contributed by atoms with Crippen LogP contribution in [0.15, 0.2) is 69.1 Å². The van der Waals surface area contributed by atoms with E-state index in [2.05, 4.69) is 42.9 Å². The lowest BCUT2D eigenvalue weighted by molar-refractivity contribution is 0.421. The van der Waals surface area contributed by atoms with E-state index in [0.717, 1.165) is 18.3 Å². The van der Waals surface area contributed by atoms with Crippen LogP contribution in [0.3, 0.4) is 0 Å². The summed E-state index contributed by atoms with van der Waals surface area (Å²) in [4.78, 5) is 14.1. The normalized spacial score (nSPS) is 11.0. The van der Waals surface area contributed by atoms with Gasteiger partial charge in [-0.25, -0.2) is 0 Å². The molecule has 0 aliphatic carbocycles. The highest BCUT2D eigenvalue weighted by atomic mass is 127. The van der Waals surface area contributed by atoms with Crippen molar-refractivity contribution in [1.82, 2.24) is 25.8 Å². The number of rotatable bonds is 8. The van der Waals surface area contributed by atoms with Crippen LogP contribution in [-0.2, 0) is 6.42 Å². The van der Waals surface area contributed by atoms with Gasteiger partial charge in [-0.05, 0) is 24.3 Å². The van der Waals surface area contributed by atoms with Gasteiger partial charge in [-0.1, -0.05) is 29.4 Å². The van der Waals surface area contributed by atoms with Crippen molar-refractivity contribution < 1.29 is 4.52 Å². The lowest BCUT2D eigenvalue weighted by atomic mass is 10.3. The largest absolute Gasteiger partial charge is 0.356 e. The zero-order chi connectivity index (χ0) is 18.7. The van der Waals surface area contributed by atoms with E-state index in [0.29, 0.717) is 30.4 Å². The summed E-state index contributed by atoms with van der Waals surface area (Å²) in [6, 6.07) is 15.9. The van der Waals surface area contributed by atoms with Crippen LogP contribution in [0.25, 0.3) is 11.6 Å². The van der Waals surface area contributed by atoms with Crippen molar-refractivity contribution in [2.24, 2.45) is 4.99 Å². The van der Waals surface area contributed by atoms with Crippen molar-refractivity contribution in [2.45, 2.75) is 11.3 Å². The molecule has 7 nitrogen and oxygen atoms in total. The van der Waals surface area contributed by atoms with Crippen LogP contribution < -0.4 is 10.6 Å². The monoisotopic (exact) mass is 510 g/mol. The molecule has 3 rings (SSSR count). The van der Waals surface area contributed by atoms with Crippen LogP contribution in [0.1, 0.15) is 5.82 Å². The Morgan fingerprint density at radius 3 is 2.61 bits per heavy atom. The van der Waals surface area contributed by atoms with Gasteiger partial charge in [0.15, 0.2) is 11.8 Å². The maximum atomic E-state index is 5.26. The Labute approximate surface area is 185 Å². The summed E-state index contributed by atoms with van der Waals surface area (Å²) >= 11 is 1.81. The van der Waals surface area contributed by atoms with Gasteiger partial charge in [-0.2, -0.15) is 4.98 Å². The number of guanidine groups is 1. The molecule has 0 aliphatic rings. The molecule has 0 spiro atoms. The van der Waals surface area contributed by atoms with Crippen molar-refractivity contribution in [2.75, 3.05) is 25.9 Å². The minimum absolute atomic E-state index is 0. The standard InChI is InChI=1S/C19H22N6OS.HI/c1-20-19(23-13-14-27-15-7-3-2-4-8-15)22-12-10-17-24-18(26-25-17)16-9-5-6-11-21-16;/h2-9,11H,10,12-14H2,1H3,(H2,20,22,23);1H. The second kappa shape index (κ2) is 12.3. The molecule has 1 aromatic carbocycles. The summed E-state index contributed by atoms with van der Waals surface area (Å²) in [6.07, 6.45) is 2.34. The zero-order valence-electron chi connectivity index (χ0n) is 15.5. The van der Waals surface area contributed by atoms with Crippen molar-refractivity contribution in [3.05, 3.63) is 60.6 Å². The van der Waals surface area contributed by atoms with Crippen LogP contribution in [0, 0.1) is 0 Å². The number of nitrogens with one attached hydrogen (secondary N) is 2. The number of hydrogen-bond donors (Lipinski definition) is 2. The van der Waals surface area contributed by atoms with Crippen LogP contribution >= 0.6 is 35.7 Å². The SMILES string of the molecule is CN=C(NCCSc1ccccc1)NCCc1noc(-c2ccccn2)n1.I. The number of pyridine rings is 1. The van der Waals surface area contributed by atoms with E-state index in [9.17, 15) is 0 Å². The Hall–Kier alpha value is -2.14. The molecule has 0 aliphatic heterocycles. The van der Waals surface area contributed by atoms with Crippen molar-refractivity contribution in [3.8, 4) is 11.6 Å². The molecule has 148 valence electrons. The van der Waals surface area contributed by atoms with E-state index in [1.54, 1.807) is 13.2 Å². The van der Waals surface area contributed by atoms with E-state index in [-0.39, 0.29) is 24.0 Å². The number of hydrogen-bond acceptors (Lipinski definition) is 6. The van der Waals surface area contributed by atoms with Gasteiger partial charge in [0.2, 0.25) is 0 Å². The third kappa shape index (κ3) is 7.12. The molecule has 0 atom stereocenters. The fraction of sp³-hybridized carbons (Fsp3) is 0.263. The smallest absolute Gasteiger partial charge is 0.276 e. The Morgan fingerprint density at radius 1 is 1.07 bits per heavy atom. The number of nitrogens with zero attached hydrogens (tertiary/aromatic N) is 4.